The molecule has 1 saturated heterocycles. The molecule has 1 aliphatic heterocycles. The first-order valence-corrected chi connectivity index (χ1v) is 13.2. The molecule has 194 valence electrons. The van der Waals surface area contributed by atoms with Crippen LogP contribution in [0.25, 0.3) is 0 Å². The van der Waals surface area contributed by atoms with E-state index < -0.39 is 6.04 Å². The third-order valence-electron chi connectivity index (χ3n) is 9.17. The number of aryl methyl sites for hydroxylation is 1. The summed E-state index contributed by atoms with van der Waals surface area (Å²) in [5.41, 5.74) is 8.66. The van der Waals surface area contributed by atoms with E-state index in [4.69, 9.17) is 15.0 Å². The number of carbonyl (C=O) groups excluding carboxylic acids is 1. The summed E-state index contributed by atoms with van der Waals surface area (Å²) in [5.74, 6) is 1.17. The summed E-state index contributed by atoms with van der Waals surface area (Å²) in [6.45, 7) is 7.51. The molecule has 4 aliphatic rings. The molecule has 4 fully saturated rings. The molecule has 3 N–H and O–H groups in total. The molecular formula is C29H40BClN2O3. The van der Waals surface area contributed by atoms with Gasteiger partial charge in [-0.2, -0.15) is 0 Å². The Balaban J connectivity index is 0.00000304. The van der Waals surface area contributed by atoms with Crippen molar-refractivity contribution in [1.82, 2.24) is 5.32 Å². The highest BCUT2D eigenvalue weighted by Gasteiger charge is 2.68. The Labute approximate surface area is 222 Å². The summed E-state index contributed by atoms with van der Waals surface area (Å²) in [6.07, 6.45) is 4.75. The molecule has 0 unspecified atom stereocenters. The Morgan fingerprint density at radius 3 is 2.33 bits per heavy atom. The van der Waals surface area contributed by atoms with Crippen LogP contribution in [0.4, 0.5) is 0 Å². The Morgan fingerprint density at radius 1 is 1.06 bits per heavy atom. The second kappa shape index (κ2) is 10.9. The van der Waals surface area contributed by atoms with Gasteiger partial charge in [0.05, 0.1) is 17.7 Å². The van der Waals surface area contributed by atoms with Crippen LogP contribution in [0.2, 0.25) is 5.82 Å². The van der Waals surface area contributed by atoms with Crippen molar-refractivity contribution in [2.75, 3.05) is 6.54 Å². The first-order valence-electron chi connectivity index (χ1n) is 13.2. The summed E-state index contributed by atoms with van der Waals surface area (Å²) in [4.78, 5) is 12.9. The van der Waals surface area contributed by atoms with Crippen LogP contribution >= 0.6 is 12.4 Å². The van der Waals surface area contributed by atoms with E-state index >= 15 is 0 Å². The molecule has 0 radical (unpaired) electrons. The van der Waals surface area contributed by atoms with Gasteiger partial charge >= 0.3 is 7.12 Å². The monoisotopic (exact) mass is 510 g/mol. The van der Waals surface area contributed by atoms with Crippen LogP contribution in [0, 0.1) is 17.3 Å². The number of benzene rings is 2. The van der Waals surface area contributed by atoms with E-state index in [-0.39, 0.29) is 43.0 Å². The second-order valence-corrected chi connectivity index (χ2v) is 11.7. The smallest absolute Gasteiger partial charge is 0.405 e. The van der Waals surface area contributed by atoms with Gasteiger partial charge in [-0.25, -0.2) is 0 Å². The molecule has 2 aromatic carbocycles. The fourth-order valence-electron chi connectivity index (χ4n) is 6.76. The maximum atomic E-state index is 12.9. The third kappa shape index (κ3) is 5.24. The molecule has 0 spiro atoms. The molecule has 3 aliphatic carbocycles. The van der Waals surface area contributed by atoms with Crippen molar-refractivity contribution in [2.45, 2.75) is 76.4 Å². The average Bonchev–Trinajstić information content (AvgIpc) is 3.22. The fourth-order valence-corrected chi connectivity index (χ4v) is 6.76. The Hall–Kier alpha value is -1.86. The van der Waals surface area contributed by atoms with E-state index in [1.165, 1.54) is 12.0 Å². The lowest BCUT2D eigenvalue weighted by Crippen LogP contribution is -2.65. The Morgan fingerprint density at radius 2 is 1.69 bits per heavy atom. The van der Waals surface area contributed by atoms with Gasteiger partial charge in [0.15, 0.2) is 0 Å². The van der Waals surface area contributed by atoms with Gasteiger partial charge in [0.25, 0.3) is 0 Å². The topological polar surface area (TPSA) is 73.6 Å². The summed E-state index contributed by atoms with van der Waals surface area (Å²) < 4.78 is 13.4. The van der Waals surface area contributed by atoms with Crippen LogP contribution in [0.1, 0.15) is 51.2 Å². The van der Waals surface area contributed by atoms with E-state index in [9.17, 15) is 4.79 Å². The maximum absolute atomic E-state index is 12.9. The van der Waals surface area contributed by atoms with E-state index in [0.717, 1.165) is 24.8 Å². The largest absolute Gasteiger partial charge is 0.462 e. The van der Waals surface area contributed by atoms with Crippen molar-refractivity contribution in [1.29, 1.82) is 0 Å². The number of halogens is 1. The highest BCUT2D eigenvalue weighted by Crippen LogP contribution is 2.66. The second-order valence-electron chi connectivity index (χ2n) is 11.7. The van der Waals surface area contributed by atoms with Gasteiger partial charge in [0.2, 0.25) is 5.91 Å². The lowest BCUT2D eigenvalue weighted by atomic mass is 9.43. The molecule has 6 atom stereocenters. The number of nitrogens with one attached hydrogen (secondary N) is 1. The van der Waals surface area contributed by atoms with E-state index in [1.54, 1.807) is 0 Å². The molecule has 2 aromatic rings. The number of hydrogen-bond acceptors (Lipinski definition) is 4. The van der Waals surface area contributed by atoms with Gasteiger partial charge in [-0.3, -0.25) is 4.79 Å². The third-order valence-corrected chi connectivity index (χ3v) is 9.17. The zero-order valence-corrected chi connectivity index (χ0v) is 22.5. The molecule has 2 bridgehead atoms. The van der Waals surface area contributed by atoms with E-state index in [0.29, 0.717) is 30.2 Å². The Bertz CT molecular complexity index is 1020. The zero-order valence-electron chi connectivity index (χ0n) is 21.7. The van der Waals surface area contributed by atoms with Gasteiger partial charge < -0.3 is 20.4 Å². The SMILES string of the molecule is CC1(C)[C@H]2C[C@@H]3OB([C@H](CCc4ccccc4)CNC(=O)[C@@H](N)Cc4ccccc4)O[C@]3(C)[C@@H]1C2.Cl. The van der Waals surface area contributed by atoms with Crippen LogP contribution in [0.15, 0.2) is 60.7 Å². The van der Waals surface area contributed by atoms with Crippen LogP contribution in [-0.2, 0) is 26.9 Å². The number of nitrogens with two attached hydrogens (primary N) is 1. The standard InChI is InChI=1S/C29H39BN2O3.ClH/c1-28(2)22-17-25(28)29(3)26(18-22)34-30(35-29)23(15-14-20-10-6-4-7-11-20)19-32-27(33)24(31)16-21-12-8-5-9-13-21;/h4-13,22-26H,14-19,31H2,1-3H3,(H,32,33);1H/t22-,23-,24+,25-,26+,29-;/m1./s1. The molecule has 6 rings (SSSR count). The van der Waals surface area contributed by atoms with E-state index in [1.807, 2.05) is 36.4 Å². The predicted octanol–water partition coefficient (Wildman–Crippen LogP) is 4.83. The van der Waals surface area contributed by atoms with Gasteiger partial charge in [0, 0.05) is 12.4 Å². The van der Waals surface area contributed by atoms with Crippen molar-refractivity contribution >= 4 is 25.4 Å². The predicted molar refractivity (Wildman–Crippen MR) is 147 cm³/mol. The summed E-state index contributed by atoms with van der Waals surface area (Å²) >= 11 is 0. The molecule has 0 aromatic heterocycles. The maximum Gasteiger partial charge on any atom is 0.462 e. The van der Waals surface area contributed by atoms with Crippen LogP contribution in [0.3, 0.4) is 0 Å². The van der Waals surface area contributed by atoms with Crippen LogP contribution in [-0.4, -0.2) is 37.3 Å². The number of amides is 1. The molecule has 1 amide bonds. The van der Waals surface area contributed by atoms with Crippen LogP contribution < -0.4 is 11.1 Å². The first kappa shape index (κ1) is 27.2. The lowest BCUT2D eigenvalue weighted by molar-refractivity contribution is -0.199. The highest BCUT2D eigenvalue weighted by atomic mass is 35.5. The minimum absolute atomic E-state index is 0. The minimum atomic E-state index is -0.578. The van der Waals surface area contributed by atoms with Crippen molar-refractivity contribution in [3.63, 3.8) is 0 Å². The summed E-state index contributed by atoms with van der Waals surface area (Å²) in [7, 11) is -0.311. The molecular weight excluding hydrogens is 471 g/mol. The summed E-state index contributed by atoms with van der Waals surface area (Å²) in [5, 5.41) is 3.12. The quantitative estimate of drug-likeness (QED) is 0.474. The van der Waals surface area contributed by atoms with Crippen molar-refractivity contribution in [3.05, 3.63) is 71.8 Å². The molecule has 1 heterocycles. The zero-order chi connectivity index (χ0) is 24.6. The lowest BCUT2D eigenvalue weighted by Gasteiger charge is -2.64. The highest BCUT2D eigenvalue weighted by molar-refractivity contribution is 6.47. The summed E-state index contributed by atoms with van der Waals surface area (Å²) in [6, 6.07) is 19.8. The van der Waals surface area contributed by atoms with Gasteiger partial charge in [-0.1, -0.05) is 74.5 Å². The van der Waals surface area contributed by atoms with Crippen molar-refractivity contribution in [2.24, 2.45) is 23.0 Å². The normalized spacial score (nSPS) is 29.3. The molecule has 3 saturated carbocycles. The first-order chi connectivity index (χ1) is 16.8. The fraction of sp³-hybridized carbons (Fsp3) is 0.552. The van der Waals surface area contributed by atoms with Gasteiger partial charge in [0.1, 0.15) is 0 Å². The molecule has 7 heteroatoms. The number of hydrogen-bond donors (Lipinski definition) is 2. The van der Waals surface area contributed by atoms with Gasteiger partial charge in [-0.15, -0.1) is 12.4 Å². The van der Waals surface area contributed by atoms with Gasteiger partial charge in [-0.05, 0) is 67.4 Å². The van der Waals surface area contributed by atoms with E-state index in [2.05, 4.69) is 50.4 Å². The Kier molecular flexibility index (Phi) is 8.21. The number of rotatable bonds is 9. The minimum Gasteiger partial charge on any atom is -0.405 e. The van der Waals surface area contributed by atoms with Crippen LogP contribution in [0.5, 0.6) is 0 Å². The average molecular weight is 511 g/mol. The molecule has 36 heavy (non-hydrogen) atoms. The number of carbonyl (C=O) groups is 1. The van der Waals surface area contributed by atoms with Crippen molar-refractivity contribution in [3.8, 4) is 0 Å². The van der Waals surface area contributed by atoms with Crippen molar-refractivity contribution < 1.29 is 14.1 Å². The molecule has 5 nitrogen and oxygen atoms in total.